The molecule has 1 aromatic carbocycles. The van der Waals surface area contributed by atoms with E-state index in [9.17, 15) is 0 Å². The molecule has 2 atom stereocenters. The molecule has 24 heavy (non-hydrogen) atoms. The highest BCUT2D eigenvalue weighted by Gasteiger charge is 2.44. The van der Waals surface area contributed by atoms with E-state index < -0.39 is 5.79 Å². The maximum Gasteiger partial charge on any atom is 0.186 e. The molecule has 2 heterocycles. The molecule has 0 bridgehead atoms. The maximum atomic E-state index is 6.44. The van der Waals surface area contributed by atoms with Gasteiger partial charge in [-0.25, -0.2) is 4.98 Å². The topological polar surface area (TPSA) is 36.3 Å². The van der Waals surface area contributed by atoms with Gasteiger partial charge in [0.25, 0.3) is 0 Å². The van der Waals surface area contributed by atoms with Gasteiger partial charge in [0.1, 0.15) is 0 Å². The number of hydrogen-bond donors (Lipinski definition) is 0. The van der Waals surface area contributed by atoms with Crippen LogP contribution in [0.3, 0.4) is 0 Å². The summed E-state index contributed by atoms with van der Waals surface area (Å²) in [7, 11) is 0. The van der Waals surface area contributed by atoms with Gasteiger partial charge >= 0.3 is 0 Å². The summed E-state index contributed by atoms with van der Waals surface area (Å²) >= 11 is 0. The number of benzene rings is 1. The fourth-order valence-corrected chi connectivity index (χ4v) is 2.99. The van der Waals surface area contributed by atoms with Gasteiger partial charge in [-0.2, -0.15) is 0 Å². The average molecular weight is 328 g/mol. The van der Waals surface area contributed by atoms with E-state index in [1.807, 2.05) is 17.1 Å². The first-order valence-electron chi connectivity index (χ1n) is 8.72. The number of ether oxygens (including phenoxy) is 2. The van der Waals surface area contributed by atoms with Crippen molar-refractivity contribution in [2.45, 2.75) is 59.0 Å². The summed E-state index contributed by atoms with van der Waals surface area (Å²) in [4.78, 5) is 4.15. The molecular formula is C20H28N2O2. The van der Waals surface area contributed by atoms with E-state index in [0.29, 0.717) is 13.2 Å². The number of nitrogens with zero attached hydrogens (tertiary/aromatic N) is 2. The second-order valence-corrected chi connectivity index (χ2v) is 7.67. The number of aromatic nitrogens is 2. The Hall–Kier alpha value is -1.65. The minimum Gasteiger partial charge on any atom is -0.347 e. The van der Waals surface area contributed by atoms with Crippen molar-refractivity contribution in [3.8, 4) is 0 Å². The van der Waals surface area contributed by atoms with Gasteiger partial charge in [-0.3, -0.25) is 0 Å². The predicted molar refractivity (Wildman–Crippen MR) is 94.7 cm³/mol. The molecule has 1 fully saturated rings. The summed E-state index contributed by atoms with van der Waals surface area (Å²) in [5.74, 6) is -0.597. The molecule has 2 aromatic rings. The van der Waals surface area contributed by atoms with Crippen molar-refractivity contribution in [2.24, 2.45) is 5.41 Å². The molecule has 0 aliphatic carbocycles. The van der Waals surface area contributed by atoms with Crippen molar-refractivity contribution in [3.63, 3.8) is 0 Å². The fourth-order valence-electron chi connectivity index (χ4n) is 2.99. The van der Waals surface area contributed by atoms with E-state index in [1.165, 1.54) is 11.1 Å². The largest absolute Gasteiger partial charge is 0.347 e. The van der Waals surface area contributed by atoms with Gasteiger partial charge in [0.2, 0.25) is 0 Å². The van der Waals surface area contributed by atoms with Gasteiger partial charge in [-0.1, -0.05) is 43.7 Å². The second-order valence-electron chi connectivity index (χ2n) is 7.67. The lowest BCUT2D eigenvalue weighted by molar-refractivity contribution is -0.332. The summed E-state index contributed by atoms with van der Waals surface area (Å²) in [5.41, 5.74) is 2.63. The molecule has 2 unspecified atom stereocenters. The minimum atomic E-state index is -0.597. The van der Waals surface area contributed by atoms with Gasteiger partial charge in [0.05, 0.1) is 25.6 Å². The Morgan fingerprint density at radius 3 is 2.62 bits per heavy atom. The highest BCUT2D eigenvalue weighted by Crippen LogP contribution is 2.38. The predicted octanol–water partition coefficient (Wildman–Crippen LogP) is 3.98. The molecule has 0 amide bonds. The summed E-state index contributed by atoms with van der Waals surface area (Å²) in [6.07, 6.45) is 7.49. The number of hydrogen-bond acceptors (Lipinski definition) is 3. The quantitative estimate of drug-likeness (QED) is 0.833. The Morgan fingerprint density at radius 1 is 1.25 bits per heavy atom. The van der Waals surface area contributed by atoms with Crippen LogP contribution in [0.4, 0.5) is 0 Å². The normalized spacial score (nSPS) is 26.4. The first-order valence-corrected chi connectivity index (χ1v) is 8.72. The number of rotatable bonds is 5. The van der Waals surface area contributed by atoms with E-state index in [4.69, 9.17) is 9.47 Å². The van der Waals surface area contributed by atoms with E-state index in [0.717, 1.165) is 12.8 Å². The third-order valence-corrected chi connectivity index (χ3v) is 5.10. The molecule has 1 aliphatic heterocycles. The molecular weight excluding hydrogens is 300 g/mol. The van der Waals surface area contributed by atoms with Crippen LogP contribution in [0, 0.1) is 12.3 Å². The molecule has 0 saturated carbocycles. The van der Waals surface area contributed by atoms with Crippen molar-refractivity contribution in [2.75, 3.05) is 6.61 Å². The summed E-state index contributed by atoms with van der Waals surface area (Å²) in [5, 5.41) is 0. The third kappa shape index (κ3) is 3.87. The minimum absolute atomic E-state index is 0.0301. The van der Waals surface area contributed by atoms with Gasteiger partial charge < -0.3 is 14.0 Å². The van der Waals surface area contributed by atoms with Crippen molar-refractivity contribution >= 4 is 0 Å². The van der Waals surface area contributed by atoms with Gasteiger partial charge in [-0.15, -0.1) is 0 Å². The monoisotopic (exact) mass is 328 g/mol. The third-order valence-electron chi connectivity index (χ3n) is 5.10. The van der Waals surface area contributed by atoms with Crippen LogP contribution in [0.1, 0.15) is 38.3 Å². The van der Waals surface area contributed by atoms with Crippen LogP contribution >= 0.6 is 0 Å². The smallest absolute Gasteiger partial charge is 0.186 e. The SMILES string of the molecule is Cc1ccc(CCC2(Cn3ccnc3)OCC(C)(C)C(C)O2)cc1. The number of imidazole rings is 1. The molecule has 1 aromatic heterocycles. The molecule has 0 N–H and O–H groups in total. The van der Waals surface area contributed by atoms with Crippen LogP contribution in [0.25, 0.3) is 0 Å². The Labute approximate surface area is 144 Å². The van der Waals surface area contributed by atoms with Crippen LogP contribution in [-0.2, 0) is 22.4 Å². The van der Waals surface area contributed by atoms with Gasteiger partial charge in [0.15, 0.2) is 5.79 Å². The van der Waals surface area contributed by atoms with E-state index >= 15 is 0 Å². The average Bonchev–Trinajstić information content (AvgIpc) is 3.04. The van der Waals surface area contributed by atoms with E-state index in [-0.39, 0.29) is 11.5 Å². The highest BCUT2D eigenvalue weighted by molar-refractivity contribution is 5.21. The summed E-state index contributed by atoms with van der Waals surface area (Å²) in [6.45, 7) is 10.0. The Morgan fingerprint density at radius 2 is 2.00 bits per heavy atom. The standard InChI is InChI=1S/C20H28N2O2/c1-16-5-7-18(8-6-16)9-10-20(13-22-12-11-21-15-22)23-14-19(3,4)17(2)24-20/h5-8,11-12,15,17H,9-10,13-14H2,1-4H3. The van der Waals surface area contributed by atoms with Crippen LogP contribution < -0.4 is 0 Å². The van der Waals surface area contributed by atoms with E-state index in [2.05, 4.69) is 56.9 Å². The lowest BCUT2D eigenvalue weighted by Crippen LogP contribution is -2.54. The van der Waals surface area contributed by atoms with Crippen molar-refractivity contribution in [3.05, 3.63) is 54.1 Å². The van der Waals surface area contributed by atoms with E-state index in [1.54, 1.807) is 6.20 Å². The van der Waals surface area contributed by atoms with Crippen molar-refractivity contribution < 1.29 is 9.47 Å². The zero-order chi connectivity index (χ0) is 17.2. The molecule has 1 aliphatic rings. The summed E-state index contributed by atoms with van der Waals surface area (Å²) in [6, 6.07) is 8.70. The Kier molecular flexibility index (Phi) is 4.79. The molecule has 1 saturated heterocycles. The van der Waals surface area contributed by atoms with Crippen LogP contribution in [0.5, 0.6) is 0 Å². The molecule has 3 rings (SSSR count). The van der Waals surface area contributed by atoms with Gasteiger partial charge in [0, 0.05) is 24.2 Å². The zero-order valence-electron chi connectivity index (χ0n) is 15.2. The van der Waals surface area contributed by atoms with Crippen molar-refractivity contribution in [1.82, 2.24) is 9.55 Å². The fraction of sp³-hybridized carbons (Fsp3) is 0.550. The highest BCUT2D eigenvalue weighted by atomic mass is 16.7. The van der Waals surface area contributed by atoms with Gasteiger partial charge in [-0.05, 0) is 25.8 Å². The maximum absolute atomic E-state index is 6.44. The molecule has 4 nitrogen and oxygen atoms in total. The first kappa shape index (κ1) is 17.2. The Bertz CT molecular complexity index is 649. The molecule has 0 spiro atoms. The number of aryl methyl sites for hydroxylation is 2. The van der Waals surface area contributed by atoms with Crippen LogP contribution in [-0.4, -0.2) is 28.0 Å². The molecule has 4 heteroatoms. The second kappa shape index (κ2) is 6.69. The lowest BCUT2D eigenvalue weighted by atomic mass is 9.86. The van der Waals surface area contributed by atoms with Crippen molar-refractivity contribution in [1.29, 1.82) is 0 Å². The molecule has 0 radical (unpaired) electrons. The zero-order valence-corrected chi connectivity index (χ0v) is 15.2. The lowest BCUT2D eigenvalue weighted by Gasteiger charge is -2.47. The Balaban J connectivity index is 1.76. The summed E-state index contributed by atoms with van der Waals surface area (Å²) < 4.78 is 14.8. The van der Waals surface area contributed by atoms with Crippen LogP contribution in [0.2, 0.25) is 0 Å². The molecule has 130 valence electrons. The van der Waals surface area contributed by atoms with Crippen LogP contribution in [0.15, 0.2) is 43.0 Å². The first-order chi connectivity index (χ1) is 11.4.